The predicted molar refractivity (Wildman–Crippen MR) is 48.4 cm³/mol. The van der Waals surface area contributed by atoms with Gasteiger partial charge in [0.25, 0.3) is 0 Å². The van der Waals surface area contributed by atoms with E-state index in [0.29, 0.717) is 13.1 Å². The third-order valence-corrected chi connectivity index (χ3v) is 2.48. The van der Waals surface area contributed by atoms with E-state index in [-0.39, 0.29) is 12.1 Å². The number of methoxy groups -OCH3 is 1. The van der Waals surface area contributed by atoms with Gasteiger partial charge < -0.3 is 10.1 Å². The van der Waals surface area contributed by atoms with Crippen LogP contribution in [0.5, 0.6) is 0 Å². The van der Waals surface area contributed by atoms with Crippen molar-refractivity contribution >= 4 is 0 Å². The lowest BCUT2D eigenvalue weighted by Gasteiger charge is -2.15. The lowest BCUT2D eigenvalue weighted by molar-refractivity contribution is 0.0845. The second kappa shape index (κ2) is 3.43. The van der Waals surface area contributed by atoms with Gasteiger partial charge in [-0.15, -0.1) is 0 Å². The Balaban J connectivity index is 2.39. The van der Waals surface area contributed by atoms with E-state index in [9.17, 15) is 9.59 Å². The van der Waals surface area contributed by atoms with E-state index in [1.54, 1.807) is 7.11 Å². The molecule has 7 nitrogen and oxygen atoms in total. The first-order valence-corrected chi connectivity index (χ1v) is 4.36. The van der Waals surface area contributed by atoms with E-state index in [1.807, 2.05) is 0 Å². The molecule has 0 aromatic carbocycles. The van der Waals surface area contributed by atoms with Gasteiger partial charge in [-0.25, -0.2) is 24.4 Å². The Morgan fingerprint density at radius 3 is 2.50 bits per heavy atom. The molecule has 0 spiro atoms. The van der Waals surface area contributed by atoms with Crippen molar-refractivity contribution in [1.29, 1.82) is 0 Å². The van der Waals surface area contributed by atoms with E-state index < -0.39 is 11.4 Å². The van der Waals surface area contributed by atoms with E-state index in [4.69, 9.17) is 4.74 Å². The quantitative estimate of drug-likeness (QED) is 0.516. The van der Waals surface area contributed by atoms with E-state index >= 15 is 0 Å². The molecule has 1 saturated heterocycles. The molecule has 0 bridgehead atoms. The van der Waals surface area contributed by atoms with Gasteiger partial charge in [-0.1, -0.05) is 0 Å². The summed E-state index contributed by atoms with van der Waals surface area (Å²) in [6, 6.07) is -0.234. The molecule has 2 heterocycles. The number of hydrogen-bond donors (Lipinski definition) is 3. The van der Waals surface area contributed by atoms with Crippen molar-refractivity contribution < 1.29 is 4.74 Å². The topological polar surface area (TPSA) is 91.9 Å². The highest BCUT2D eigenvalue weighted by Gasteiger charge is 2.30. The fraction of sp³-hybridized carbons (Fsp3) is 0.714. The Hall–Kier alpha value is -1.34. The maximum atomic E-state index is 11.3. The minimum Gasteiger partial charge on any atom is -0.378 e. The predicted octanol–water partition coefficient (Wildman–Crippen LogP) is -1.98. The molecular weight excluding hydrogens is 188 g/mol. The number of hydrogen-bond acceptors (Lipinski definition) is 4. The maximum Gasteiger partial charge on any atom is 0.344 e. The first kappa shape index (κ1) is 9.22. The highest BCUT2D eigenvalue weighted by molar-refractivity contribution is 4.88. The van der Waals surface area contributed by atoms with Gasteiger partial charge >= 0.3 is 11.4 Å². The lowest BCUT2D eigenvalue weighted by Crippen LogP contribution is -2.37. The smallest absolute Gasteiger partial charge is 0.344 e. The van der Waals surface area contributed by atoms with Gasteiger partial charge in [0, 0.05) is 20.2 Å². The molecule has 0 saturated carbocycles. The number of aromatic nitrogens is 3. The van der Waals surface area contributed by atoms with Crippen molar-refractivity contribution in [2.24, 2.45) is 0 Å². The van der Waals surface area contributed by atoms with Crippen LogP contribution in [0.15, 0.2) is 9.59 Å². The van der Waals surface area contributed by atoms with Crippen LogP contribution in [0.1, 0.15) is 6.04 Å². The molecular formula is C7H12N4O3. The van der Waals surface area contributed by atoms with Crippen molar-refractivity contribution in [3.05, 3.63) is 21.0 Å². The zero-order valence-corrected chi connectivity index (χ0v) is 7.74. The zero-order chi connectivity index (χ0) is 10.1. The van der Waals surface area contributed by atoms with Crippen molar-refractivity contribution in [3.8, 4) is 0 Å². The van der Waals surface area contributed by atoms with Crippen molar-refractivity contribution in [1.82, 2.24) is 20.1 Å². The van der Waals surface area contributed by atoms with Gasteiger partial charge in [-0.3, -0.25) is 0 Å². The van der Waals surface area contributed by atoms with Crippen LogP contribution < -0.4 is 16.7 Å². The minimum atomic E-state index is -0.425. The number of H-pyrrole nitrogens is 2. The summed E-state index contributed by atoms with van der Waals surface area (Å²) in [6.07, 6.45) is -0.135. The molecule has 1 aliphatic rings. The van der Waals surface area contributed by atoms with Crippen LogP contribution in [0, 0.1) is 0 Å². The molecule has 0 aliphatic carbocycles. The largest absolute Gasteiger partial charge is 0.378 e. The maximum absolute atomic E-state index is 11.3. The molecule has 1 aromatic rings. The zero-order valence-electron chi connectivity index (χ0n) is 7.74. The summed E-state index contributed by atoms with van der Waals surface area (Å²) in [5, 5.41) is 7.55. The second-order valence-electron chi connectivity index (χ2n) is 3.23. The molecule has 3 N–H and O–H groups in total. The fourth-order valence-corrected chi connectivity index (χ4v) is 1.76. The molecule has 14 heavy (non-hydrogen) atoms. The standard InChI is InChI=1S/C7H12N4O3/c1-14-5-3-8-2-4(5)11-6(12)9-10-7(11)13/h4-5,8H,2-3H2,1H3,(H,9,12)(H,10,13)/t4?,5-/m0/s1. The van der Waals surface area contributed by atoms with Crippen LogP contribution >= 0.6 is 0 Å². The summed E-state index contributed by atoms with van der Waals surface area (Å²) in [6.45, 7) is 1.22. The Bertz CT molecular complexity index is 390. The molecule has 1 aliphatic heterocycles. The molecule has 0 radical (unpaired) electrons. The Morgan fingerprint density at radius 2 is 1.93 bits per heavy atom. The van der Waals surface area contributed by atoms with Crippen LogP contribution in [0.2, 0.25) is 0 Å². The van der Waals surface area contributed by atoms with Crippen LogP contribution in [-0.2, 0) is 4.74 Å². The highest BCUT2D eigenvalue weighted by Crippen LogP contribution is 2.14. The molecule has 1 aromatic heterocycles. The van der Waals surface area contributed by atoms with Gasteiger partial charge in [-0.05, 0) is 0 Å². The van der Waals surface area contributed by atoms with Crippen LogP contribution in [0.4, 0.5) is 0 Å². The van der Waals surface area contributed by atoms with Crippen molar-refractivity contribution in [2.45, 2.75) is 12.1 Å². The van der Waals surface area contributed by atoms with Gasteiger partial charge in [0.15, 0.2) is 0 Å². The normalized spacial score (nSPS) is 26.9. The molecule has 1 unspecified atom stereocenters. The summed E-state index contributed by atoms with van der Waals surface area (Å²) in [5.41, 5.74) is -0.850. The fourth-order valence-electron chi connectivity index (χ4n) is 1.76. The molecule has 78 valence electrons. The average Bonchev–Trinajstić information content (AvgIpc) is 2.73. The molecule has 7 heteroatoms. The van der Waals surface area contributed by atoms with E-state index in [0.717, 1.165) is 4.57 Å². The number of nitrogens with zero attached hydrogens (tertiary/aromatic N) is 1. The summed E-state index contributed by atoms with van der Waals surface area (Å²) < 4.78 is 6.32. The van der Waals surface area contributed by atoms with Crippen LogP contribution in [0.25, 0.3) is 0 Å². The Kier molecular flexibility index (Phi) is 2.26. The monoisotopic (exact) mass is 200 g/mol. The Labute approximate surface area is 79.1 Å². The number of ether oxygens (including phenoxy) is 1. The minimum absolute atomic E-state index is 0.135. The summed E-state index contributed by atoms with van der Waals surface area (Å²) >= 11 is 0. The van der Waals surface area contributed by atoms with Gasteiger partial charge in [-0.2, -0.15) is 0 Å². The molecule has 1 fully saturated rings. The summed E-state index contributed by atoms with van der Waals surface area (Å²) in [5.74, 6) is 0. The van der Waals surface area contributed by atoms with Gasteiger partial charge in [0.1, 0.15) is 0 Å². The average molecular weight is 200 g/mol. The number of rotatable bonds is 2. The van der Waals surface area contributed by atoms with Crippen molar-refractivity contribution in [2.75, 3.05) is 20.2 Å². The van der Waals surface area contributed by atoms with E-state index in [1.165, 1.54) is 0 Å². The van der Waals surface area contributed by atoms with Gasteiger partial charge in [0.2, 0.25) is 0 Å². The third kappa shape index (κ3) is 1.30. The van der Waals surface area contributed by atoms with Crippen LogP contribution in [0.3, 0.4) is 0 Å². The molecule has 0 amide bonds. The van der Waals surface area contributed by atoms with E-state index in [2.05, 4.69) is 15.5 Å². The Morgan fingerprint density at radius 1 is 1.29 bits per heavy atom. The molecule has 2 rings (SSSR count). The number of aromatic amines is 2. The summed E-state index contributed by atoms with van der Waals surface area (Å²) in [7, 11) is 1.57. The lowest BCUT2D eigenvalue weighted by atomic mass is 10.2. The second-order valence-corrected chi connectivity index (χ2v) is 3.23. The third-order valence-electron chi connectivity index (χ3n) is 2.48. The first-order valence-electron chi connectivity index (χ1n) is 4.36. The van der Waals surface area contributed by atoms with Crippen LogP contribution in [-0.4, -0.2) is 41.1 Å². The highest BCUT2D eigenvalue weighted by atomic mass is 16.5. The summed E-state index contributed by atoms with van der Waals surface area (Å²) in [4.78, 5) is 22.6. The SMILES string of the molecule is CO[C@H]1CNCC1n1c(=O)[nH][nH]c1=O. The first-order chi connectivity index (χ1) is 6.74. The molecule has 2 atom stereocenters. The van der Waals surface area contributed by atoms with Gasteiger partial charge in [0.05, 0.1) is 12.1 Å². The van der Waals surface area contributed by atoms with Crippen molar-refractivity contribution in [3.63, 3.8) is 0 Å². The number of nitrogens with one attached hydrogen (secondary N) is 3.